The Balaban J connectivity index is 2.30. The lowest BCUT2D eigenvalue weighted by atomic mass is 10.3. The monoisotopic (exact) mass is 282 g/mol. The number of thioether (sulfide) groups is 1. The zero-order valence-electron chi connectivity index (χ0n) is 9.58. The summed E-state index contributed by atoms with van der Waals surface area (Å²) in [6.45, 7) is 1.73. The molecule has 2 N–H and O–H groups in total. The summed E-state index contributed by atoms with van der Waals surface area (Å²) < 4.78 is 1.76. The lowest BCUT2D eigenvalue weighted by Crippen LogP contribution is -2.22. The number of hydrogen-bond donors (Lipinski definition) is 1. The lowest BCUT2D eigenvalue weighted by Gasteiger charge is -2.08. The highest BCUT2D eigenvalue weighted by Crippen LogP contribution is 2.24. The maximum Gasteiger partial charge on any atom is 0.230 e. The Bertz CT molecular complexity index is 572. The van der Waals surface area contributed by atoms with Crippen LogP contribution in [0, 0.1) is 0 Å². The number of benzene rings is 1. The minimum absolute atomic E-state index is 0.368. The van der Waals surface area contributed by atoms with Crippen molar-refractivity contribution in [2.24, 2.45) is 5.73 Å². The van der Waals surface area contributed by atoms with E-state index in [1.54, 1.807) is 30.0 Å². The molecule has 0 aliphatic heterocycles. The van der Waals surface area contributed by atoms with E-state index in [0.29, 0.717) is 10.2 Å². The normalized spacial score (nSPS) is 12.3. The van der Waals surface area contributed by atoms with Crippen LogP contribution < -0.4 is 5.73 Å². The molecule has 0 aliphatic rings. The van der Waals surface area contributed by atoms with E-state index in [1.807, 2.05) is 12.1 Å². The largest absolute Gasteiger partial charge is 0.369 e. The van der Waals surface area contributed by atoms with E-state index in [2.05, 4.69) is 10.2 Å². The number of primary amides is 1. The smallest absolute Gasteiger partial charge is 0.230 e. The molecule has 18 heavy (non-hydrogen) atoms. The summed E-state index contributed by atoms with van der Waals surface area (Å²) in [6, 6.07) is 7.30. The summed E-state index contributed by atoms with van der Waals surface area (Å²) in [7, 11) is 0. The van der Waals surface area contributed by atoms with Gasteiger partial charge in [0.1, 0.15) is 6.33 Å². The van der Waals surface area contributed by atoms with Gasteiger partial charge in [0.05, 0.1) is 10.9 Å². The molecule has 0 spiro atoms. The average Bonchev–Trinajstić information content (AvgIpc) is 2.77. The second-order valence-electron chi connectivity index (χ2n) is 3.63. The summed E-state index contributed by atoms with van der Waals surface area (Å²) in [4.78, 5) is 11.1. The quantitative estimate of drug-likeness (QED) is 0.869. The second-order valence-corrected chi connectivity index (χ2v) is 5.37. The van der Waals surface area contributed by atoms with E-state index < -0.39 is 0 Å². The fourth-order valence-corrected chi connectivity index (χ4v) is 2.30. The Kier molecular flexibility index (Phi) is 3.88. The van der Waals surface area contributed by atoms with Crippen molar-refractivity contribution in [3.05, 3.63) is 35.6 Å². The van der Waals surface area contributed by atoms with Crippen molar-refractivity contribution in [3.63, 3.8) is 0 Å². The molecule has 0 radical (unpaired) electrons. The summed E-state index contributed by atoms with van der Waals surface area (Å²) in [5, 5.41) is 8.66. The van der Waals surface area contributed by atoms with E-state index in [9.17, 15) is 4.79 Å². The van der Waals surface area contributed by atoms with E-state index in [1.165, 1.54) is 11.8 Å². The molecule has 7 heteroatoms. The molecule has 2 aromatic rings. The molecule has 0 saturated heterocycles. The molecule has 1 amide bonds. The first-order chi connectivity index (χ1) is 8.58. The van der Waals surface area contributed by atoms with Crippen LogP contribution in [0.1, 0.15) is 6.92 Å². The van der Waals surface area contributed by atoms with Crippen molar-refractivity contribution >= 4 is 29.3 Å². The first-order valence-corrected chi connectivity index (χ1v) is 6.45. The molecule has 2 rings (SSSR count). The highest BCUT2D eigenvalue weighted by Gasteiger charge is 2.15. The molecule has 0 bridgehead atoms. The van der Waals surface area contributed by atoms with Gasteiger partial charge < -0.3 is 5.73 Å². The van der Waals surface area contributed by atoms with Crippen molar-refractivity contribution in [2.75, 3.05) is 0 Å². The molecule has 0 saturated carbocycles. The SMILES string of the molecule is C[C@@H](Sc1nncn1-c1cccc(Cl)c1)C(N)=O. The molecule has 5 nitrogen and oxygen atoms in total. The van der Waals surface area contributed by atoms with Gasteiger partial charge in [0.15, 0.2) is 5.16 Å². The van der Waals surface area contributed by atoms with Crippen LogP contribution in [-0.2, 0) is 4.79 Å². The van der Waals surface area contributed by atoms with E-state index in [-0.39, 0.29) is 11.2 Å². The van der Waals surface area contributed by atoms with Crippen molar-refractivity contribution in [3.8, 4) is 5.69 Å². The number of nitrogens with two attached hydrogens (primary N) is 1. The van der Waals surface area contributed by atoms with Crippen LogP contribution in [-0.4, -0.2) is 25.9 Å². The third-order valence-electron chi connectivity index (χ3n) is 2.29. The lowest BCUT2D eigenvalue weighted by molar-refractivity contribution is -0.117. The predicted octanol–water partition coefficient (Wildman–Crippen LogP) is 1.89. The molecular weight excluding hydrogens is 272 g/mol. The average molecular weight is 283 g/mol. The van der Waals surface area contributed by atoms with Gasteiger partial charge in [-0.2, -0.15) is 0 Å². The van der Waals surface area contributed by atoms with E-state index in [0.717, 1.165) is 5.69 Å². The summed E-state index contributed by atoms with van der Waals surface area (Å²) >= 11 is 7.19. The molecule has 1 aromatic heterocycles. The number of amides is 1. The zero-order chi connectivity index (χ0) is 13.1. The Morgan fingerprint density at radius 2 is 2.33 bits per heavy atom. The molecule has 1 aromatic carbocycles. The number of carbonyl (C=O) groups excluding carboxylic acids is 1. The third-order valence-corrected chi connectivity index (χ3v) is 3.60. The van der Waals surface area contributed by atoms with E-state index in [4.69, 9.17) is 17.3 Å². The van der Waals surface area contributed by atoms with Crippen molar-refractivity contribution in [1.29, 1.82) is 0 Å². The molecule has 94 valence electrons. The third kappa shape index (κ3) is 2.83. The van der Waals surface area contributed by atoms with Gasteiger partial charge in [0.25, 0.3) is 0 Å². The van der Waals surface area contributed by atoms with Gasteiger partial charge in [-0.3, -0.25) is 9.36 Å². The van der Waals surface area contributed by atoms with Gasteiger partial charge in [-0.15, -0.1) is 10.2 Å². The predicted molar refractivity (Wildman–Crippen MR) is 70.9 cm³/mol. The first-order valence-electron chi connectivity index (χ1n) is 5.20. The Morgan fingerprint density at radius 3 is 3.00 bits per heavy atom. The van der Waals surface area contributed by atoms with Crippen LogP contribution >= 0.6 is 23.4 Å². The fraction of sp³-hybridized carbons (Fsp3) is 0.182. The van der Waals surface area contributed by atoms with Crippen LogP contribution in [0.15, 0.2) is 35.7 Å². The van der Waals surface area contributed by atoms with Crippen molar-refractivity contribution < 1.29 is 4.79 Å². The summed E-state index contributed by atoms with van der Waals surface area (Å²) in [5.74, 6) is -0.388. The minimum atomic E-state index is -0.388. The highest BCUT2D eigenvalue weighted by molar-refractivity contribution is 8.00. The van der Waals surface area contributed by atoms with Crippen LogP contribution in [0.25, 0.3) is 5.69 Å². The molecular formula is C11H11ClN4OS. The molecule has 0 fully saturated rings. The standard InChI is InChI=1S/C11H11ClN4OS/c1-7(10(13)17)18-11-15-14-6-16(11)9-4-2-3-8(12)5-9/h2-7H,1H3,(H2,13,17)/t7-/m1/s1. The number of nitrogens with zero attached hydrogens (tertiary/aromatic N) is 3. The van der Waals surface area contributed by atoms with Crippen molar-refractivity contribution in [1.82, 2.24) is 14.8 Å². The zero-order valence-corrected chi connectivity index (χ0v) is 11.1. The Hall–Kier alpha value is -1.53. The maximum absolute atomic E-state index is 11.1. The van der Waals surface area contributed by atoms with E-state index >= 15 is 0 Å². The van der Waals surface area contributed by atoms with Gasteiger partial charge in [0, 0.05) is 5.02 Å². The van der Waals surface area contributed by atoms with Gasteiger partial charge in [0.2, 0.25) is 5.91 Å². The highest BCUT2D eigenvalue weighted by atomic mass is 35.5. The van der Waals surface area contributed by atoms with Crippen LogP contribution in [0.3, 0.4) is 0 Å². The van der Waals surface area contributed by atoms with Crippen LogP contribution in [0.4, 0.5) is 0 Å². The molecule has 0 aliphatic carbocycles. The topological polar surface area (TPSA) is 73.8 Å². The van der Waals surface area contributed by atoms with Gasteiger partial charge >= 0.3 is 0 Å². The van der Waals surface area contributed by atoms with Crippen LogP contribution in [0.5, 0.6) is 0 Å². The molecule has 1 atom stereocenters. The Labute approximate surface area is 113 Å². The van der Waals surface area contributed by atoms with Gasteiger partial charge in [-0.05, 0) is 25.1 Å². The number of carbonyl (C=O) groups is 1. The van der Waals surface area contributed by atoms with Gasteiger partial charge in [-0.25, -0.2) is 0 Å². The number of hydrogen-bond acceptors (Lipinski definition) is 4. The minimum Gasteiger partial charge on any atom is -0.369 e. The van der Waals surface area contributed by atoms with Crippen LogP contribution in [0.2, 0.25) is 5.02 Å². The van der Waals surface area contributed by atoms with Crippen molar-refractivity contribution in [2.45, 2.75) is 17.3 Å². The summed E-state index contributed by atoms with van der Waals surface area (Å²) in [5.41, 5.74) is 6.07. The first kappa shape index (κ1) is 12.9. The molecule has 1 heterocycles. The Morgan fingerprint density at radius 1 is 1.56 bits per heavy atom. The summed E-state index contributed by atoms with van der Waals surface area (Å²) in [6.07, 6.45) is 1.57. The van der Waals surface area contributed by atoms with Gasteiger partial charge in [-0.1, -0.05) is 29.4 Å². The number of halogens is 1. The number of rotatable bonds is 4. The second kappa shape index (κ2) is 5.41. The molecule has 0 unspecified atom stereocenters. The number of aromatic nitrogens is 3. The fourth-order valence-electron chi connectivity index (χ4n) is 1.32. The maximum atomic E-state index is 11.1.